The average Bonchev–Trinajstić information content (AvgIpc) is 2.64. The molecule has 0 bridgehead atoms. The summed E-state index contributed by atoms with van der Waals surface area (Å²) in [7, 11) is 0. The Labute approximate surface area is 181 Å². The Morgan fingerprint density at radius 2 is 1.61 bits per heavy atom. The zero-order valence-corrected chi connectivity index (χ0v) is 18.0. The molecule has 0 spiro atoms. The van der Waals surface area contributed by atoms with Gasteiger partial charge < -0.3 is 10.0 Å². The highest BCUT2D eigenvalue weighted by molar-refractivity contribution is 5.85. The quantitative estimate of drug-likeness (QED) is 0.713. The summed E-state index contributed by atoms with van der Waals surface area (Å²) in [5, 5.41) is 9.83. The maximum Gasteiger partial charge on any atom is 0.115 e. The molecule has 5 heteroatoms. The fourth-order valence-corrected chi connectivity index (χ4v) is 4.34. The van der Waals surface area contributed by atoms with Crippen LogP contribution in [0.25, 0.3) is 0 Å². The van der Waals surface area contributed by atoms with Crippen molar-refractivity contribution in [3.05, 3.63) is 65.7 Å². The summed E-state index contributed by atoms with van der Waals surface area (Å²) in [4.78, 5) is 5.30. The van der Waals surface area contributed by atoms with Crippen molar-refractivity contribution in [2.24, 2.45) is 5.92 Å². The van der Waals surface area contributed by atoms with Crippen LogP contribution in [0.2, 0.25) is 0 Å². The van der Waals surface area contributed by atoms with Gasteiger partial charge in [-0.2, -0.15) is 0 Å². The minimum absolute atomic E-state index is 0. The second-order valence-electron chi connectivity index (χ2n) is 7.93. The van der Waals surface area contributed by atoms with Gasteiger partial charge in [0.25, 0.3) is 0 Å². The summed E-state index contributed by atoms with van der Waals surface area (Å²) in [5.74, 6) is 1.32. The van der Waals surface area contributed by atoms with Crippen molar-refractivity contribution in [1.29, 1.82) is 0 Å². The van der Waals surface area contributed by atoms with Crippen molar-refractivity contribution in [2.45, 2.75) is 31.7 Å². The van der Waals surface area contributed by atoms with Gasteiger partial charge in [-0.05, 0) is 48.4 Å². The van der Waals surface area contributed by atoms with E-state index in [1.54, 1.807) is 6.07 Å². The number of phenolic OH excluding ortho intramolecular Hbond substituents is 1. The van der Waals surface area contributed by atoms with Crippen LogP contribution in [0, 0.1) is 5.92 Å². The highest BCUT2D eigenvalue weighted by Crippen LogP contribution is 2.30. The van der Waals surface area contributed by atoms with Gasteiger partial charge in [0.2, 0.25) is 0 Å². The lowest BCUT2D eigenvalue weighted by molar-refractivity contribution is 0.0742. The Kier molecular flexibility index (Phi) is 9.10. The van der Waals surface area contributed by atoms with E-state index in [0.717, 1.165) is 25.4 Å². The first kappa shape index (κ1) is 23.0. The number of rotatable bonds is 6. The summed E-state index contributed by atoms with van der Waals surface area (Å²) in [6.45, 7) is 5.92. The lowest BCUT2D eigenvalue weighted by Crippen LogP contribution is -2.49. The zero-order valence-electron chi connectivity index (χ0n) is 16.4. The van der Waals surface area contributed by atoms with Crippen LogP contribution in [-0.2, 0) is 6.42 Å². The number of hydrogen-bond donors (Lipinski definition) is 1. The Hall–Kier alpha value is -1.26. The van der Waals surface area contributed by atoms with Crippen LogP contribution in [0.5, 0.6) is 5.75 Å². The second kappa shape index (κ2) is 11.1. The average molecular weight is 423 g/mol. The lowest BCUT2D eigenvalue weighted by Gasteiger charge is -2.41. The molecular weight excluding hydrogens is 391 g/mol. The topological polar surface area (TPSA) is 26.7 Å². The molecule has 154 valence electrons. The van der Waals surface area contributed by atoms with E-state index < -0.39 is 0 Å². The minimum Gasteiger partial charge on any atom is -0.508 e. The van der Waals surface area contributed by atoms with Gasteiger partial charge in [-0.1, -0.05) is 48.9 Å². The molecule has 2 fully saturated rings. The Balaban J connectivity index is 0.00000140. The molecule has 3 nitrogen and oxygen atoms in total. The van der Waals surface area contributed by atoms with E-state index in [4.69, 9.17) is 0 Å². The van der Waals surface area contributed by atoms with E-state index >= 15 is 0 Å². The van der Waals surface area contributed by atoms with Crippen molar-refractivity contribution < 1.29 is 5.11 Å². The molecule has 1 unspecified atom stereocenters. The number of nitrogens with zero attached hydrogens (tertiary/aromatic N) is 2. The second-order valence-corrected chi connectivity index (χ2v) is 7.93. The summed E-state index contributed by atoms with van der Waals surface area (Å²) in [5.41, 5.74) is 2.58. The maximum atomic E-state index is 9.83. The highest BCUT2D eigenvalue weighted by Gasteiger charge is 2.27. The van der Waals surface area contributed by atoms with Gasteiger partial charge in [0, 0.05) is 38.8 Å². The van der Waals surface area contributed by atoms with E-state index in [0.29, 0.717) is 11.8 Å². The van der Waals surface area contributed by atoms with E-state index in [1.807, 2.05) is 12.1 Å². The highest BCUT2D eigenvalue weighted by atomic mass is 35.5. The Morgan fingerprint density at radius 3 is 2.21 bits per heavy atom. The Bertz CT molecular complexity index is 701. The molecular formula is C23H32Cl2N2O. The fourth-order valence-electron chi connectivity index (χ4n) is 4.34. The molecule has 1 aliphatic carbocycles. The number of phenols is 1. The molecule has 2 aromatic carbocycles. The number of hydrogen-bond acceptors (Lipinski definition) is 3. The van der Waals surface area contributed by atoms with E-state index in [9.17, 15) is 5.11 Å². The zero-order chi connectivity index (χ0) is 17.8. The van der Waals surface area contributed by atoms with Crippen molar-refractivity contribution in [3.8, 4) is 5.75 Å². The lowest BCUT2D eigenvalue weighted by atomic mass is 9.85. The standard InChI is InChI=1S/C23H30N2O.2ClH/c26-22-11-5-8-20(16-22)17-23(21-9-2-1-3-10-21)25-14-12-24(13-15-25)18-19-6-4-7-19;;/h1-3,5,8-11,16,19,23,26H,4,6-7,12-15,17-18H2;2*1H. The molecule has 0 amide bonds. The third-order valence-corrected chi connectivity index (χ3v) is 6.11. The Morgan fingerprint density at radius 1 is 0.893 bits per heavy atom. The van der Waals surface area contributed by atoms with Crippen molar-refractivity contribution in [3.63, 3.8) is 0 Å². The first-order valence-corrected chi connectivity index (χ1v) is 10.1. The molecule has 1 saturated carbocycles. The first-order valence-electron chi connectivity index (χ1n) is 10.1. The van der Waals surface area contributed by atoms with Crippen molar-refractivity contribution in [1.82, 2.24) is 9.80 Å². The number of halogens is 2. The van der Waals surface area contributed by atoms with Gasteiger partial charge in [-0.15, -0.1) is 24.8 Å². The van der Waals surface area contributed by atoms with E-state index in [2.05, 4.69) is 46.2 Å². The van der Waals surface area contributed by atoms with Crippen molar-refractivity contribution in [2.75, 3.05) is 32.7 Å². The van der Waals surface area contributed by atoms with Crippen LogP contribution < -0.4 is 0 Å². The van der Waals surface area contributed by atoms with Crippen LogP contribution >= 0.6 is 24.8 Å². The van der Waals surface area contributed by atoms with Crippen LogP contribution in [0.15, 0.2) is 54.6 Å². The summed E-state index contributed by atoms with van der Waals surface area (Å²) in [6, 6.07) is 19.0. The first-order chi connectivity index (χ1) is 12.8. The normalized spacial score (nSPS) is 19.1. The molecule has 1 atom stereocenters. The van der Waals surface area contributed by atoms with Crippen LogP contribution in [0.3, 0.4) is 0 Å². The van der Waals surface area contributed by atoms with E-state index in [-0.39, 0.29) is 24.8 Å². The predicted molar refractivity (Wildman–Crippen MR) is 121 cm³/mol. The van der Waals surface area contributed by atoms with Gasteiger partial charge in [-0.25, -0.2) is 0 Å². The molecule has 1 N–H and O–H groups in total. The molecule has 1 aliphatic heterocycles. The van der Waals surface area contributed by atoms with E-state index in [1.165, 1.54) is 50.0 Å². The molecule has 1 heterocycles. The summed E-state index contributed by atoms with van der Waals surface area (Å²) >= 11 is 0. The van der Waals surface area contributed by atoms with Crippen LogP contribution in [0.1, 0.15) is 36.4 Å². The van der Waals surface area contributed by atoms with Crippen LogP contribution in [-0.4, -0.2) is 47.6 Å². The summed E-state index contributed by atoms with van der Waals surface area (Å²) < 4.78 is 0. The van der Waals surface area contributed by atoms with Gasteiger partial charge in [0.1, 0.15) is 5.75 Å². The van der Waals surface area contributed by atoms with Crippen LogP contribution in [0.4, 0.5) is 0 Å². The molecule has 4 rings (SSSR count). The minimum atomic E-state index is 0. The third kappa shape index (κ3) is 5.87. The largest absolute Gasteiger partial charge is 0.508 e. The third-order valence-electron chi connectivity index (χ3n) is 6.11. The molecule has 2 aliphatic rings. The monoisotopic (exact) mass is 422 g/mol. The molecule has 0 aromatic heterocycles. The molecule has 28 heavy (non-hydrogen) atoms. The molecule has 2 aromatic rings. The predicted octanol–water partition coefficient (Wildman–Crippen LogP) is 4.94. The van der Waals surface area contributed by atoms with Gasteiger partial charge in [0.05, 0.1) is 0 Å². The molecule has 0 radical (unpaired) electrons. The van der Waals surface area contributed by atoms with Gasteiger partial charge in [0.15, 0.2) is 0 Å². The van der Waals surface area contributed by atoms with Gasteiger partial charge in [-0.3, -0.25) is 4.90 Å². The number of piperazine rings is 1. The number of benzene rings is 2. The summed E-state index contributed by atoms with van der Waals surface area (Å²) in [6.07, 6.45) is 5.25. The SMILES string of the molecule is Cl.Cl.Oc1cccc(CC(c2ccccc2)N2CCN(CC3CCC3)CC2)c1. The van der Waals surface area contributed by atoms with Gasteiger partial charge >= 0.3 is 0 Å². The maximum absolute atomic E-state index is 9.83. The molecule has 1 saturated heterocycles. The fraction of sp³-hybridized carbons (Fsp3) is 0.478. The van der Waals surface area contributed by atoms with Crippen molar-refractivity contribution >= 4 is 24.8 Å². The smallest absolute Gasteiger partial charge is 0.115 e. The number of aromatic hydroxyl groups is 1.